The number of ether oxygens (including phenoxy) is 2. The van der Waals surface area contributed by atoms with E-state index in [1.165, 1.54) is 6.07 Å². The monoisotopic (exact) mass is 616 g/mol. The van der Waals surface area contributed by atoms with Crippen LogP contribution in [0.3, 0.4) is 0 Å². The number of rotatable bonds is 5. The lowest BCUT2D eigenvalue weighted by atomic mass is 9.81. The largest absolute Gasteiger partial charge is 0.496 e. The molecule has 0 saturated carbocycles. The first kappa shape index (κ1) is 30.8. The summed E-state index contributed by atoms with van der Waals surface area (Å²) in [6, 6.07) is 20.3. The lowest BCUT2D eigenvalue weighted by Crippen LogP contribution is -2.31. The first-order valence-electron chi connectivity index (χ1n) is 15.1. The molecule has 0 N–H and O–H groups in total. The van der Waals surface area contributed by atoms with Gasteiger partial charge in [-0.1, -0.05) is 59.2 Å². The van der Waals surface area contributed by atoms with Crippen LogP contribution in [0, 0.1) is 6.92 Å². The summed E-state index contributed by atoms with van der Waals surface area (Å²) < 4.78 is 12.2. The molecule has 4 amide bonds. The van der Waals surface area contributed by atoms with Crippen molar-refractivity contribution in [1.82, 2.24) is 0 Å². The standard InChI is InChI=1S/C38H36N2O6/c1-21-12-14-25-27(16-21)35(43)39(33(25)41)22-10-9-11-23(17-22)40-34(42)26-15-13-24(18-28(26)36(40)44)46-32-20-29(37(2,3)4)31(45-8)19-30(32)38(5,6)7/h9-20H,1-8H3. The fourth-order valence-electron chi connectivity index (χ4n) is 5.99. The molecule has 234 valence electrons. The molecule has 0 bridgehead atoms. The van der Waals surface area contributed by atoms with E-state index in [-0.39, 0.29) is 33.3 Å². The molecule has 0 spiro atoms. The zero-order valence-corrected chi connectivity index (χ0v) is 27.3. The van der Waals surface area contributed by atoms with Gasteiger partial charge in [-0.05, 0) is 78.4 Å². The maximum Gasteiger partial charge on any atom is 0.266 e. The van der Waals surface area contributed by atoms with Crippen molar-refractivity contribution in [2.24, 2.45) is 0 Å². The zero-order valence-electron chi connectivity index (χ0n) is 27.3. The van der Waals surface area contributed by atoms with Crippen molar-refractivity contribution in [3.63, 3.8) is 0 Å². The number of hydrogen-bond donors (Lipinski definition) is 0. The molecule has 0 atom stereocenters. The molecular weight excluding hydrogens is 580 g/mol. The van der Waals surface area contributed by atoms with Crippen molar-refractivity contribution in [3.05, 3.63) is 112 Å². The first-order valence-corrected chi connectivity index (χ1v) is 15.1. The Hall–Kier alpha value is -5.24. The van der Waals surface area contributed by atoms with E-state index in [9.17, 15) is 19.2 Å². The highest BCUT2D eigenvalue weighted by Gasteiger charge is 2.40. The van der Waals surface area contributed by atoms with Gasteiger partial charge in [0.15, 0.2) is 0 Å². The van der Waals surface area contributed by atoms with Crippen molar-refractivity contribution in [3.8, 4) is 17.2 Å². The Bertz CT molecular complexity index is 1980. The van der Waals surface area contributed by atoms with Crippen molar-refractivity contribution < 1.29 is 28.7 Å². The van der Waals surface area contributed by atoms with Gasteiger partial charge in [-0.3, -0.25) is 19.2 Å². The molecule has 4 aromatic carbocycles. The summed E-state index contributed by atoms with van der Waals surface area (Å²) in [5, 5.41) is 0. The van der Waals surface area contributed by atoms with E-state index in [1.807, 2.05) is 19.1 Å². The number of nitrogens with zero attached hydrogens (tertiary/aromatic N) is 2. The molecule has 2 aliphatic rings. The average Bonchev–Trinajstić information content (AvgIpc) is 3.39. The van der Waals surface area contributed by atoms with E-state index in [0.717, 1.165) is 32.2 Å². The SMILES string of the molecule is COc1cc(C(C)(C)C)c(Oc2ccc3c(c2)C(=O)N(c2cccc(N4C(=O)c5ccc(C)cc5C4=O)c2)C3=O)cc1C(C)(C)C. The molecule has 0 radical (unpaired) electrons. The third-order valence-corrected chi connectivity index (χ3v) is 8.39. The smallest absolute Gasteiger partial charge is 0.266 e. The van der Waals surface area contributed by atoms with Gasteiger partial charge in [-0.15, -0.1) is 0 Å². The molecule has 8 heteroatoms. The average molecular weight is 617 g/mol. The Morgan fingerprint density at radius 2 is 1.02 bits per heavy atom. The van der Waals surface area contributed by atoms with Gasteiger partial charge in [0.1, 0.15) is 17.2 Å². The number of fused-ring (bicyclic) bond motifs is 2. The fourth-order valence-corrected chi connectivity index (χ4v) is 5.99. The third kappa shape index (κ3) is 5.04. The zero-order chi connectivity index (χ0) is 33.3. The summed E-state index contributed by atoms with van der Waals surface area (Å²) in [6.07, 6.45) is 0. The summed E-state index contributed by atoms with van der Waals surface area (Å²) in [6.45, 7) is 14.4. The van der Waals surface area contributed by atoms with Gasteiger partial charge in [0.2, 0.25) is 0 Å². The summed E-state index contributed by atoms with van der Waals surface area (Å²) in [7, 11) is 1.66. The normalized spacial score (nSPS) is 14.6. The Labute approximate surface area is 268 Å². The molecule has 0 aromatic heterocycles. The van der Waals surface area contributed by atoms with Gasteiger partial charge in [0.25, 0.3) is 23.6 Å². The quantitative estimate of drug-likeness (QED) is 0.211. The van der Waals surface area contributed by atoms with Crippen LogP contribution in [0.5, 0.6) is 17.2 Å². The minimum atomic E-state index is -0.526. The number of carbonyl (C=O) groups is 4. The predicted molar refractivity (Wildman–Crippen MR) is 177 cm³/mol. The second-order valence-electron chi connectivity index (χ2n) is 13.8. The number of anilines is 2. The number of methoxy groups -OCH3 is 1. The lowest BCUT2D eigenvalue weighted by molar-refractivity contribution is 0.0912. The van der Waals surface area contributed by atoms with E-state index >= 15 is 0 Å². The summed E-state index contributed by atoms with van der Waals surface area (Å²) in [4.78, 5) is 55.9. The van der Waals surface area contributed by atoms with Crippen LogP contribution < -0.4 is 19.3 Å². The van der Waals surface area contributed by atoms with Crippen molar-refractivity contribution in [2.75, 3.05) is 16.9 Å². The fraction of sp³-hybridized carbons (Fsp3) is 0.263. The maximum absolute atomic E-state index is 13.8. The summed E-state index contributed by atoms with van der Waals surface area (Å²) in [5.74, 6) is -0.119. The van der Waals surface area contributed by atoms with E-state index in [0.29, 0.717) is 22.6 Å². The van der Waals surface area contributed by atoms with Crippen LogP contribution in [0.4, 0.5) is 11.4 Å². The topological polar surface area (TPSA) is 93.2 Å². The van der Waals surface area contributed by atoms with E-state index in [4.69, 9.17) is 9.47 Å². The Morgan fingerprint density at radius 3 is 1.57 bits per heavy atom. The third-order valence-electron chi connectivity index (χ3n) is 8.39. The number of amides is 4. The van der Waals surface area contributed by atoms with Crippen LogP contribution in [0.2, 0.25) is 0 Å². The Balaban J connectivity index is 1.33. The van der Waals surface area contributed by atoms with Gasteiger partial charge < -0.3 is 9.47 Å². The number of imide groups is 2. The minimum absolute atomic E-state index is 0.200. The minimum Gasteiger partial charge on any atom is -0.496 e. The molecule has 6 rings (SSSR count). The Morgan fingerprint density at radius 1 is 0.543 bits per heavy atom. The number of carbonyl (C=O) groups excluding carboxylic acids is 4. The second kappa shape index (κ2) is 10.7. The van der Waals surface area contributed by atoms with Crippen LogP contribution in [-0.4, -0.2) is 30.7 Å². The van der Waals surface area contributed by atoms with Crippen molar-refractivity contribution in [1.29, 1.82) is 0 Å². The van der Waals surface area contributed by atoms with Gasteiger partial charge in [0.05, 0.1) is 40.7 Å². The van der Waals surface area contributed by atoms with Crippen LogP contribution in [-0.2, 0) is 10.8 Å². The van der Waals surface area contributed by atoms with Crippen LogP contribution in [0.15, 0.2) is 72.8 Å². The molecule has 8 nitrogen and oxygen atoms in total. The van der Waals surface area contributed by atoms with E-state index < -0.39 is 23.6 Å². The summed E-state index contributed by atoms with van der Waals surface area (Å²) in [5.41, 5.74) is 3.87. The van der Waals surface area contributed by atoms with Crippen molar-refractivity contribution >= 4 is 35.0 Å². The summed E-state index contributed by atoms with van der Waals surface area (Å²) >= 11 is 0. The van der Waals surface area contributed by atoms with Crippen molar-refractivity contribution in [2.45, 2.75) is 59.3 Å². The lowest BCUT2D eigenvalue weighted by Gasteiger charge is -2.28. The van der Waals surface area contributed by atoms with E-state index in [1.54, 1.807) is 61.7 Å². The highest BCUT2D eigenvalue weighted by molar-refractivity contribution is 6.36. The molecule has 46 heavy (non-hydrogen) atoms. The highest BCUT2D eigenvalue weighted by Crippen LogP contribution is 2.43. The van der Waals surface area contributed by atoms with E-state index in [2.05, 4.69) is 41.5 Å². The molecule has 4 aromatic rings. The molecule has 0 fully saturated rings. The molecule has 2 heterocycles. The van der Waals surface area contributed by atoms with Gasteiger partial charge in [0, 0.05) is 11.1 Å². The van der Waals surface area contributed by atoms with Gasteiger partial charge in [-0.2, -0.15) is 0 Å². The molecule has 2 aliphatic heterocycles. The first-order chi connectivity index (χ1) is 21.6. The van der Waals surface area contributed by atoms with Crippen LogP contribution >= 0.6 is 0 Å². The number of aryl methyl sites for hydroxylation is 1. The highest BCUT2D eigenvalue weighted by atomic mass is 16.5. The van der Waals surface area contributed by atoms with Crippen LogP contribution in [0.1, 0.15) is 99.7 Å². The predicted octanol–water partition coefficient (Wildman–Crippen LogP) is 7.99. The van der Waals surface area contributed by atoms with Crippen LogP contribution in [0.25, 0.3) is 0 Å². The molecule has 0 unspecified atom stereocenters. The van der Waals surface area contributed by atoms with Gasteiger partial charge >= 0.3 is 0 Å². The number of benzene rings is 4. The number of hydrogen-bond acceptors (Lipinski definition) is 6. The molecule has 0 saturated heterocycles. The maximum atomic E-state index is 13.8. The van der Waals surface area contributed by atoms with Gasteiger partial charge in [-0.25, -0.2) is 9.80 Å². The molecular formula is C38H36N2O6. The molecule has 0 aliphatic carbocycles. The second-order valence-corrected chi connectivity index (χ2v) is 13.8. The Kier molecular flexibility index (Phi) is 7.15.